The van der Waals surface area contributed by atoms with Crippen LogP contribution in [-0.2, 0) is 6.42 Å². The average Bonchev–Trinajstić information content (AvgIpc) is 3.09. The number of nitrogens with zero attached hydrogens (tertiary/aromatic N) is 5. The highest BCUT2D eigenvalue weighted by atomic mass is 15.4. The number of anilines is 1. The van der Waals surface area contributed by atoms with Crippen LogP contribution in [0.2, 0.25) is 0 Å². The standard InChI is InChI=1S/C22H18N6/c1-14-5-8-21-25-26-22(28(21)27-14)10-15-6-7-20-17(9-15)11-18(13-24-20)16-3-2-4-19(23)12-16/h2-9,11-13H,10,23H2,1H3. The van der Waals surface area contributed by atoms with Gasteiger partial charge in [-0.3, -0.25) is 4.98 Å². The van der Waals surface area contributed by atoms with E-state index in [-0.39, 0.29) is 0 Å². The number of rotatable bonds is 3. The van der Waals surface area contributed by atoms with Crippen LogP contribution >= 0.6 is 0 Å². The summed E-state index contributed by atoms with van der Waals surface area (Å²) in [6.45, 7) is 1.96. The molecule has 0 fully saturated rings. The Balaban J connectivity index is 1.54. The Hall–Kier alpha value is -3.80. The van der Waals surface area contributed by atoms with Crippen molar-refractivity contribution in [2.75, 3.05) is 5.73 Å². The van der Waals surface area contributed by atoms with Gasteiger partial charge in [-0.1, -0.05) is 18.2 Å². The third kappa shape index (κ3) is 2.95. The molecule has 0 unspecified atom stereocenters. The molecule has 136 valence electrons. The maximum absolute atomic E-state index is 5.92. The molecular weight excluding hydrogens is 348 g/mol. The predicted octanol–water partition coefficient (Wildman–Crippen LogP) is 3.82. The Labute approximate surface area is 161 Å². The zero-order valence-corrected chi connectivity index (χ0v) is 15.4. The van der Waals surface area contributed by atoms with Crippen molar-refractivity contribution in [3.05, 3.63) is 83.9 Å². The van der Waals surface area contributed by atoms with Gasteiger partial charge in [0.1, 0.15) is 0 Å². The summed E-state index contributed by atoms with van der Waals surface area (Å²) in [5.74, 6) is 0.818. The monoisotopic (exact) mass is 366 g/mol. The smallest absolute Gasteiger partial charge is 0.177 e. The minimum absolute atomic E-state index is 0.649. The van der Waals surface area contributed by atoms with Crippen LogP contribution in [0, 0.1) is 6.92 Å². The van der Waals surface area contributed by atoms with Crippen molar-refractivity contribution in [2.24, 2.45) is 0 Å². The second-order valence-electron chi connectivity index (χ2n) is 6.91. The molecule has 0 bridgehead atoms. The highest BCUT2D eigenvalue weighted by Crippen LogP contribution is 2.25. The number of aromatic nitrogens is 5. The molecule has 0 spiro atoms. The van der Waals surface area contributed by atoms with Crippen molar-refractivity contribution in [3.8, 4) is 11.1 Å². The first kappa shape index (κ1) is 16.4. The lowest BCUT2D eigenvalue weighted by molar-refractivity contribution is 0.821. The lowest BCUT2D eigenvalue weighted by Crippen LogP contribution is -2.01. The van der Waals surface area contributed by atoms with Gasteiger partial charge in [0.25, 0.3) is 0 Å². The fraction of sp³-hybridized carbons (Fsp3) is 0.0909. The van der Waals surface area contributed by atoms with E-state index >= 15 is 0 Å². The largest absolute Gasteiger partial charge is 0.399 e. The highest BCUT2D eigenvalue weighted by Gasteiger charge is 2.09. The van der Waals surface area contributed by atoms with E-state index in [9.17, 15) is 0 Å². The lowest BCUT2D eigenvalue weighted by Gasteiger charge is -2.06. The van der Waals surface area contributed by atoms with Crippen LogP contribution in [0.4, 0.5) is 5.69 Å². The molecule has 0 radical (unpaired) electrons. The van der Waals surface area contributed by atoms with E-state index in [1.165, 1.54) is 0 Å². The van der Waals surface area contributed by atoms with Gasteiger partial charge in [-0.25, -0.2) is 0 Å². The van der Waals surface area contributed by atoms with Gasteiger partial charge in [-0.15, -0.1) is 10.2 Å². The van der Waals surface area contributed by atoms with Crippen LogP contribution in [0.15, 0.2) is 66.9 Å². The minimum atomic E-state index is 0.649. The molecule has 0 saturated carbocycles. The molecule has 0 aliphatic heterocycles. The van der Waals surface area contributed by atoms with E-state index in [4.69, 9.17) is 5.73 Å². The van der Waals surface area contributed by atoms with Crippen LogP contribution in [0.1, 0.15) is 17.1 Å². The van der Waals surface area contributed by atoms with Gasteiger partial charge >= 0.3 is 0 Å². The Morgan fingerprint density at radius 2 is 1.86 bits per heavy atom. The predicted molar refractivity (Wildman–Crippen MR) is 110 cm³/mol. The van der Waals surface area contributed by atoms with Gasteiger partial charge in [-0.05, 0) is 60.5 Å². The SMILES string of the molecule is Cc1ccc2nnc(Cc3ccc4ncc(-c5cccc(N)c5)cc4c3)n2n1. The molecule has 0 aliphatic rings. The average molecular weight is 366 g/mol. The van der Waals surface area contributed by atoms with Crippen molar-refractivity contribution in [1.82, 2.24) is 24.8 Å². The number of aryl methyl sites for hydroxylation is 1. The van der Waals surface area contributed by atoms with Crippen LogP contribution in [-0.4, -0.2) is 24.8 Å². The van der Waals surface area contributed by atoms with Crippen molar-refractivity contribution < 1.29 is 0 Å². The molecule has 0 aliphatic carbocycles. The van der Waals surface area contributed by atoms with Crippen molar-refractivity contribution in [1.29, 1.82) is 0 Å². The van der Waals surface area contributed by atoms with Gasteiger partial charge in [0.05, 0.1) is 11.2 Å². The van der Waals surface area contributed by atoms with E-state index < -0.39 is 0 Å². The summed E-state index contributed by atoms with van der Waals surface area (Å²) < 4.78 is 1.81. The van der Waals surface area contributed by atoms with Gasteiger partial charge in [-0.2, -0.15) is 9.61 Å². The summed E-state index contributed by atoms with van der Waals surface area (Å²) in [7, 11) is 0. The van der Waals surface area contributed by atoms with Crippen LogP contribution in [0.25, 0.3) is 27.7 Å². The molecule has 5 aromatic rings. The molecule has 6 nitrogen and oxygen atoms in total. The van der Waals surface area contributed by atoms with E-state index in [2.05, 4.69) is 38.5 Å². The normalized spacial score (nSPS) is 11.3. The Kier molecular flexibility index (Phi) is 3.76. The summed E-state index contributed by atoms with van der Waals surface area (Å²) in [6.07, 6.45) is 2.53. The van der Waals surface area contributed by atoms with Gasteiger partial charge < -0.3 is 5.73 Å². The third-order valence-corrected chi connectivity index (χ3v) is 4.79. The zero-order valence-electron chi connectivity index (χ0n) is 15.4. The highest BCUT2D eigenvalue weighted by molar-refractivity contribution is 5.84. The molecular formula is C22H18N6. The third-order valence-electron chi connectivity index (χ3n) is 4.79. The quantitative estimate of drug-likeness (QED) is 0.491. The number of pyridine rings is 1. The molecule has 2 N–H and O–H groups in total. The molecule has 2 aromatic carbocycles. The van der Waals surface area contributed by atoms with Crippen LogP contribution in [0.5, 0.6) is 0 Å². The Morgan fingerprint density at radius 1 is 0.929 bits per heavy atom. The summed E-state index contributed by atoms with van der Waals surface area (Å²) in [5, 5.41) is 14.1. The fourth-order valence-electron chi connectivity index (χ4n) is 3.38. The first-order chi connectivity index (χ1) is 13.7. The van der Waals surface area contributed by atoms with Crippen molar-refractivity contribution >= 4 is 22.2 Å². The van der Waals surface area contributed by atoms with E-state index in [1.807, 2.05) is 55.6 Å². The fourth-order valence-corrected chi connectivity index (χ4v) is 3.38. The number of nitrogens with two attached hydrogens (primary N) is 1. The second kappa shape index (κ2) is 6.42. The molecule has 0 atom stereocenters. The summed E-state index contributed by atoms with van der Waals surface area (Å²) in [5.41, 5.74) is 12.5. The number of nitrogen functional groups attached to an aromatic ring is 1. The number of fused-ring (bicyclic) bond motifs is 2. The Bertz CT molecular complexity index is 1320. The van der Waals surface area contributed by atoms with Gasteiger partial charge in [0, 0.05) is 29.3 Å². The molecule has 0 amide bonds. The molecule has 3 aromatic heterocycles. The van der Waals surface area contributed by atoms with E-state index in [0.717, 1.165) is 50.4 Å². The van der Waals surface area contributed by atoms with Crippen LogP contribution < -0.4 is 5.73 Å². The van der Waals surface area contributed by atoms with Crippen molar-refractivity contribution in [3.63, 3.8) is 0 Å². The van der Waals surface area contributed by atoms with E-state index in [0.29, 0.717) is 6.42 Å². The van der Waals surface area contributed by atoms with E-state index in [1.54, 1.807) is 4.52 Å². The minimum Gasteiger partial charge on any atom is -0.399 e. The maximum Gasteiger partial charge on any atom is 0.177 e. The number of hydrogen-bond donors (Lipinski definition) is 1. The molecule has 6 heteroatoms. The molecule has 3 heterocycles. The topological polar surface area (TPSA) is 82.0 Å². The van der Waals surface area contributed by atoms with Crippen molar-refractivity contribution in [2.45, 2.75) is 13.3 Å². The maximum atomic E-state index is 5.92. The van der Waals surface area contributed by atoms with Gasteiger partial charge in [0.15, 0.2) is 11.5 Å². The first-order valence-corrected chi connectivity index (χ1v) is 9.08. The first-order valence-electron chi connectivity index (χ1n) is 9.08. The lowest BCUT2D eigenvalue weighted by atomic mass is 10.0. The number of hydrogen-bond acceptors (Lipinski definition) is 5. The van der Waals surface area contributed by atoms with Crippen LogP contribution in [0.3, 0.4) is 0 Å². The Morgan fingerprint density at radius 3 is 2.75 bits per heavy atom. The molecule has 5 rings (SSSR count). The molecule has 28 heavy (non-hydrogen) atoms. The number of benzene rings is 2. The summed E-state index contributed by atoms with van der Waals surface area (Å²) >= 11 is 0. The summed E-state index contributed by atoms with van der Waals surface area (Å²) in [4.78, 5) is 4.60. The molecule has 0 saturated heterocycles. The zero-order chi connectivity index (χ0) is 19.1. The van der Waals surface area contributed by atoms with Gasteiger partial charge in [0.2, 0.25) is 0 Å². The second-order valence-corrected chi connectivity index (χ2v) is 6.91. The summed E-state index contributed by atoms with van der Waals surface area (Å²) in [6, 6.07) is 20.1.